The van der Waals surface area contributed by atoms with E-state index in [2.05, 4.69) is 5.10 Å². The summed E-state index contributed by atoms with van der Waals surface area (Å²) in [6.07, 6.45) is 1.15. The van der Waals surface area contributed by atoms with Gasteiger partial charge in [0.25, 0.3) is 0 Å². The molecule has 0 aliphatic carbocycles. The molecule has 1 unspecified atom stereocenters. The van der Waals surface area contributed by atoms with Crippen LogP contribution in [0, 0.1) is 0 Å². The first kappa shape index (κ1) is 14.1. The second-order valence-electron chi connectivity index (χ2n) is 4.97. The molecule has 7 heteroatoms. The van der Waals surface area contributed by atoms with Crippen LogP contribution in [0.3, 0.4) is 0 Å². The summed E-state index contributed by atoms with van der Waals surface area (Å²) in [5.41, 5.74) is 0.841. The molecule has 0 bridgehead atoms. The third-order valence-electron chi connectivity index (χ3n) is 3.55. The number of carbonyl (C=O) groups excluding carboxylic acids is 1. The van der Waals surface area contributed by atoms with Crippen molar-refractivity contribution < 1.29 is 19.4 Å². The Morgan fingerprint density at radius 2 is 2.05 bits per heavy atom. The van der Waals surface area contributed by atoms with E-state index in [4.69, 9.17) is 4.74 Å². The Morgan fingerprint density at radius 3 is 2.77 bits per heavy atom. The average Bonchev–Trinajstić information content (AvgIpc) is 3.01. The van der Waals surface area contributed by atoms with E-state index in [1.165, 1.54) is 6.20 Å². The van der Waals surface area contributed by atoms with E-state index in [0.717, 1.165) is 10.5 Å². The van der Waals surface area contributed by atoms with Crippen LogP contribution in [-0.4, -0.2) is 33.0 Å². The number of carbonyl (C=O) groups is 2. The third-order valence-corrected chi connectivity index (χ3v) is 3.55. The lowest BCUT2D eigenvalue weighted by Gasteiger charge is -2.32. The van der Waals surface area contributed by atoms with E-state index >= 15 is 0 Å². The smallest absolute Gasteiger partial charge is 0.416 e. The van der Waals surface area contributed by atoms with Crippen molar-refractivity contribution in [1.82, 2.24) is 9.78 Å². The molecule has 22 heavy (non-hydrogen) atoms. The third kappa shape index (κ3) is 2.65. The molecule has 0 saturated heterocycles. The van der Waals surface area contributed by atoms with Gasteiger partial charge in [0.1, 0.15) is 18.5 Å². The average molecular weight is 301 g/mol. The number of benzene rings is 1. The second kappa shape index (κ2) is 5.88. The topological polar surface area (TPSA) is 84.7 Å². The summed E-state index contributed by atoms with van der Waals surface area (Å²) >= 11 is 0. The van der Waals surface area contributed by atoms with Gasteiger partial charge in [0, 0.05) is 12.6 Å². The zero-order valence-corrected chi connectivity index (χ0v) is 11.8. The van der Waals surface area contributed by atoms with E-state index in [1.807, 2.05) is 30.3 Å². The predicted octanol–water partition coefficient (Wildman–Crippen LogP) is 1.88. The lowest BCUT2D eigenvalue weighted by molar-refractivity contribution is -0.139. The summed E-state index contributed by atoms with van der Waals surface area (Å²) < 4.78 is 6.86. The first-order valence-corrected chi connectivity index (χ1v) is 6.91. The minimum atomic E-state index is -1.05. The van der Waals surface area contributed by atoms with Gasteiger partial charge in [0.15, 0.2) is 0 Å². The fourth-order valence-corrected chi connectivity index (χ4v) is 2.48. The number of hydrogen-bond donors (Lipinski definition) is 1. The van der Waals surface area contributed by atoms with Gasteiger partial charge in [-0.25, -0.2) is 19.2 Å². The van der Waals surface area contributed by atoms with Crippen LogP contribution >= 0.6 is 0 Å². The minimum Gasteiger partial charge on any atom is -0.480 e. The van der Waals surface area contributed by atoms with Crippen molar-refractivity contribution >= 4 is 17.9 Å². The second-order valence-corrected chi connectivity index (χ2v) is 4.97. The predicted molar refractivity (Wildman–Crippen MR) is 77.4 cm³/mol. The molecule has 1 aliphatic rings. The Balaban J connectivity index is 1.78. The van der Waals surface area contributed by atoms with Gasteiger partial charge in [-0.15, -0.1) is 0 Å². The molecule has 1 atom stereocenters. The molecule has 1 amide bonds. The van der Waals surface area contributed by atoms with Crippen LogP contribution in [0.15, 0.2) is 42.6 Å². The molecule has 1 aliphatic heterocycles. The van der Waals surface area contributed by atoms with Crippen molar-refractivity contribution in [1.29, 1.82) is 0 Å². The fourth-order valence-electron chi connectivity index (χ4n) is 2.48. The largest absolute Gasteiger partial charge is 0.480 e. The van der Waals surface area contributed by atoms with Crippen molar-refractivity contribution in [2.24, 2.45) is 0 Å². The highest BCUT2D eigenvalue weighted by atomic mass is 16.6. The van der Waals surface area contributed by atoms with Crippen LogP contribution in [-0.2, 0) is 22.7 Å². The molecule has 1 N–H and O–H groups in total. The molecule has 2 heterocycles. The summed E-state index contributed by atoms with van der Waals surface area (Å²) in [5.74, 6) is -0.610. The molecular weight excluding hydrogens is 286 g/mol. The van der Waals surface area contributed by atoms with Gasteiger partial charge in [-0.1, -0.05) is 30.3 Å². The maximum absolute atomic E-state index is 12.3. The van der Waals surface area contributed by atoms with Crippen LogP contribution in [0.25, 0.3) is 0 Å². The minimum absolute atomic E-state index is 0.0939. The zero-order valence-electron chi connectivity index (χ0n) is 11.8. The van der Waals surface area contributed by atoms with E-state index in [9.17, 15) is 14.7 Å². The fraction of sp³-hybridized carbons (Fsp3) is 0.267. The molecule has 1 aromatic carbocycles. The number of hydrogen-bond acceptors (Lipinski definition) is 4. The maximum atomic E-state index is 12.3. The first-order valence-electron chi connectivity index (χ1n) is 6.91. The Bertz CT molecular complexity index is 683. The summed E-state index contributed by atoms with van der Waals surface area (Å²) in [6.45, 7) is 0.554. The van der Waals surface area contributed by atoms with Gasteiger partial charge >= 0.3 is 12.1 Å². The lowest BCUT2D eigenvalue weighted by atomic mass is 10.1. The lowest BCUT2D eigenvalue weighted by Crippen LogP contribution is -2.49. The summed E-state index contributed by atoms with van der Waals surface area (Å²) in [4.78, 5) is 24.9. The van der Waals surface area contributed by atoms with Gasteiger partial charge < -0.3 is 9.84 Å². The van der Waals surface area contributed by atoms with Crippen molar-refractivity contribution in [2.75, 3.05) is 4.90 Å². The zero-order chi connectivity index (χ0) is 15.5. The van der Waals surface area contributed by atoms with Gasteiger partial charge in [-0.2, -0.15) is 5.10 Å². The Hall–Kier alpha value is -2.83. The van der Waals surface area contributed by atoms with E-state index in [1.54, 1.807) is 10.7 Å². The van der Waals surface area contributed by atoms with E-state index in [0.29, 0.717) is 18.8 Å². The molecule has 1 aromatic heterocycles. The number of ether oxygens (including phenoxy) is 1. The van der Waals surface area contributed by atoms with Gasteiger partial charge in [0.2, 0.25) is 0 Å². The Morgan fingerprint density at radius 1 is 1.27 bits per heavy atom. The summed E-state index contributed by atoms with van der Waals surface area (Å²) in [7, 11) is 0. The number of aryl methyl sites for hydroxylation is 1. The number of anilines is 1. The maximum Gasteiger partial charge on any atom is 0.416 e. The van der Waals surface area contributed by atoms with Gasteiger partial charge in [0.05, 0.1) is 6.20 Å². The SMILES string of the molecule is O=C(O)C1CCn2nccc2N1C(=O)OCc1ccccc1. The number of carboxylic acids is 1. The number of fused-ring (bicyclic) bond motifs is 1. The summed E-state index contributed by atoms with van der Waals surface area (Å²) in [6, 6.07) is 9.91. The number of aromatic nitrogens is 2. The quantitative estimate of drug-likeness (QED) is 0.935. The number of amides is 1. The van der Waals surface area contributed by atoms with Gasteiger partial charge in [-0.05, 0) is 12.0 Å². The Kier molecular flexibility index (Phi) is 3.78. The number of rotatable bonds is 3. The molecule has 2 aromatic rings. The van der Waals surface area contributed by atoms with Crippen molar-refractivity contribution in [2.45, 2.75) is 25.6 Å². The molecule has 0 radical (unpaired) electrons. The highest BCUT2D eigenvalue weighted by molar-refractivity contribution is 5.94. The van der Waals surface area contributed by atoms with Crippen molar-refractivity contribution in [3.63, 3.8) is 0 Å². The monoisotopic (exact) mass is 301 g/mol. The molecule has 114 valence electrons. The Labute approximate surface area is 126 Å². The first-order chi connectivity index (χ1) is 10.7. The molecule has 0 fully saturated rings. The number of carboxylic acid groups (broad SMARTS) is 1. The highest BCUT2D eigenvalue weighted by Crippen LogP contribution is 2.25. The molecule has 7 nitrogen and oxygen atoms in total. The molecule has 3 rings (SSSR count). The van der Waals surface area contributed by atoms with E-state index in [-0.39, 0.29) is 6.61 Å². The van der Waals surface area contributed by atoms with Crippen LogP contribution < -0.4 is 4.90 Å². The van der Waals surface area contributed by atoms with E-state index < -0.39 is 18.1 Å². The summed E-state index contributed by atoms with van der Waals surface area (Å²) in [5, 5.41) is 13.4. The van der Waals surface area contributed by atoms with Gasteiger partial charge in [-0.3, -0.25) is 0 Å². The van der Waals surface area contributed by atoms with Crippen molar-refractivity contribution in [3.05, 3.63) is 48.2 Å². The van der Waals surface area contributed by atoms with Crippen LogP contribution in [0.4, 0.5) is 10.6 Å². The number of nitrogens with zero attached hydrogens (tertiary/aromatic N) is 3. The van der Waals surface area contributed by atoms with Crippen molar-refractivity contribution in [3.8, 4) is 0 Å². The van der Waals surface area contributed by atoms with Crippen LogP contribution in [0.1, 0.15) is 12.0 Å². The molecule has 0 spiro atoms. The molecule has 0 saturated carbocycles. The van der Waals surface area contributed by atoms with Crippen LogP contribution in [0.5, 0.6) is 0 Å². The normalized spacial score (nSPS) is 16.9. The highest BCUT2D eigenvalue weighted by Gasteiger charge is 2.37. The molecular formula is C15H15N3O4. The van der Waals surface area contributed by atoms with Crippen LogP contribution in [0.2, 0.25) is 0 Å². The number of aliphatic carboxylic acids is 1. The standard InChI is InChI=1S/C15H15N3O4/c19-14(20)12-7-9-17-13(6-8-16-17)18(12)15(21)22-10-11-4-2-1-3-5-11/h1-6,8,12H,7,9-10H2,(H,19,20).